The maximum absolute atomic E-state index is 10.3. The zero-order valence-electron chi connectivity index (χ0n) is 5.21. The molecule has 0 aliphatic rings. The van der Waals surface area contributed by atoms with E-state index in [4.69, 9.17) is 16.7 Å². The highest BCUT2D eigenvalue weighted by molar-refractivity contribution is 9.10. The molecule has 58 valence electrons. The van der Waals surface area contributed by atoms with E-state index in [2.05, 4.69) is 20.9 Å². The lowest BCUT2D eigenvalue weighted by molar-refractivity contribution is 0.0690. The van der Waals surface area contributed by atoms with E-state index in [1.807, 2.05) is 0 Å². The number of carbonyl (C=O) groups is 1. The minimum absolute atomic E-state index is 0.0266. The molecule has 0 saturated heterocycles. The third kappa shape index (κ3) is 1.91. The summed E-state index contributed by atoms with van der Waals surface area (Å²) < 4.78 is 0.346. The Labute approximate surface area is 76.1 Å². The third-order valence-electron chi connectivity index (χ3n) is 1.02. The summed E-state index contributed by atoms with van der Waals surface area (Å²) >= 11 is 8.59. The van der Waals surface area contributed by atoms with Crippen molar-refractivity contribution in [1.29, 1.82) is 0 Å². The zero-order valence-corrected chi connectivity index (χ0v) is 7.56. The Morgan fingerprint density at radius 2 is 2.27 bits per heavy atom. The van der Waals surface area contributed by atoms with Crippen LogP contribution >= 0.6 is 27.5 Å². The van der Waals surface area contributed by atoms with Crippen LogP contribution in [-0.4, -0.2) is 16.1 Å². The van der Waals surface area contributed by atoms with Gasteiger partial charge in [-0.05, 0) is 28.1 Å². The van der Waals surface area contributed by atoms with Gasteiger partial charge in [0.2, 0.25) is 0 Å². The van der Waals surface area contributed by atoms with Crippen molar-refractivity contribution >= 4 is 33.5 Å². The van der Waals surface area contributed by atoms with Gasteiger partial charge >= 0.3 is 5.97 Å². The highest BCUT2D eigenvalue weighted by Crippen LogP contribution is 2.19. The number of carboxylic acids is 1. The number of hydrogen-bond donors (Lipinski definition) is 1. The average Bonchev–Trinajstić information content (AvgIpc) is 1.94. The van der Waals surface area contributed by atoms with E-state index >= 15 is 0 Å². The molecule has 0 aliphatic carbocycles. The van der Waals surface area contributed by atoms with E-state index in [1.54, 1.807) is 0 Å². The Hall–Kier alpha value is -0.610. The van der Waals surface area contributed by atoms with Crippen molar-refractivity contribution in [3.8, 4) is 0 Å². The standard InChI is InChI=1S/C6H3BrClNO2/c7-5-3(8)1-2-4(9-5)6(10)11/h1-2H,(H,10,11). The van der Waals surface area contributed by atoms with E-state index in [-0.39, 0.29) is 5.69 Å². The first-order chi connectivity index (χ1) is 5.11. The van der Waals surface area contributed by atoms with Gasteiger partial charge in [-0.25, -0.2) is 9.78 Å². The molecular formula is C6H3BrClNO2. The smallest absolute Gasteiger partial charge is 0.354 e. The van der Waals surface area contributed by atoms with Crippen molar-refractivity contribution in [2.45, 2.75) is 0 Å². The lowest BCUT2D eigenvalue weighted by Gasteiger charge is -1.95. The number of aromatic carboxylic acids is 1. The second kappa shape index (κ2) is 3.19. The van der Waals surface area contributed by atoms with Gasteiger partial charge in [-0.3, -0.25) is 0 Å². The van der Waals surface area contributed by atoms with E-state index in [0.29, 0.717) is 9.63 Å². The molecule has 0 unspecified atom stereocenters. The molecule has 0 bridgehead atoms. The summed E-state index contributed by atoms with van der Waals surface area (Å²) in [6.45, 7) is 0. The summed E-state index contributed by atoms with van der Waals surface area (Å²) in [4.78, 5) is 14.0. The summed E-state index contributed by atoms with van der Waals surface area (Å²) in [5, 5.41) is 8.87. The van der Waals surface area contributed by atoms with Crippen molar-refractivity contribution in [2.75, 3.05) is 0 Å². The van der Waals surface area contributed by atoms with Crippen LogP contribution in [-0.2, 0) is 0 Å². The SMILES string of the molecule is O=C(O)c1ccc(Cl)c(Br)n1. The molecule has 0 radical (unpaired) electrons. The maximum Gasteiger partial charge on any atom is 0.354 e. The van der Waals surface area contributed by atoms with Crippen molar-refractivity contribution in [3.63, 3.8) is 0 Å². The minimum atomic E-state index is -1.07. The topological polar surface area (TPSA) is 50.2 Å². The molecule has 5 heteroatoms. The van der Waals surface area contributed by atoms with Gasteiger partial charge in [-0.2, -0.15) is 0 Å². The number of nitrogens with zero attached hydrogens (tertiary/aromatic N) is 1. The third-order valence-corrected chi connectivity index (χ3v) is 2.16. The minimum Gasteiger partial charge on any atom is -0.477 e. The fourth-order valence-electron chi connectivity index (χ4n) is 0.536. The lowest BCUT2D eigenvalue weighted by atomic mass is 10.4. The van der Waals surface area contributed by atoms with Crippen LogP contribution in [0.25, 0.3) is 0 Å². The fourth-order valence-corrected chi connectivity index (χ4v) is 0.965. The molecule has 0 saturated carbocycles. The van der Waals surface area contributed by atoms with Crippen molar-refractivity contribution < 1.29 is 9.90 Å². The number of halogens is 2. The predicted octanol–water partition coefficient (Wildman–Crippen LogP) is 2.20. The van der Waals surface area contributed by atoms with Crippen molar-refractivity contribution in [1.82, 2.24) is 4.98 Å². The Morgan fingerprint density at radius 3 is 2.73 bits per heavy atom. The zero-order chi connectivity index (χ0) is 8.43. The second-order valence-electron chi connectivity index (χ2n) is 1.77. The molecule has 0 aromatic carbocycles. The van der Waals surface area contributed by atoms with Crippen LogP contribution in [0.5, 0.6) is 0 Å². The van der Waals surface area contributed by atoms with Crippen LogP contribution < -0.4 is 0 Å². The average molecular weight is 236 g/mol. The lowest BCUT2D eigenvalue weighted by Crippen LogP contribution is -1.99. The van der Waals surface area contributed by atoms with Gasteiger partial charge < -0.3 is 5.11 Å². The van der Waals surface area contributed by atoms with Gasteiger partial charge in [0.05, 0.1) is 5.02 Å². The van der Waals surface area contributed by atoms with Gasteiger partial charge in [-0.15, -0.1) is 0 Å². The molecule has 1 rings (SSSR count). The first-order valence-electron chi connectivity index (χ1n) is 2.66. The normalized spacial score (nSPS) is 9.64. The highest BCUT2D eigenvalue weighted by atomic mass is 79.9. The number of hydrogen-bond acceptors (Lipinski definition) is 2. The van der Waals surface area contributed by atoms with Crippen LogP contribution in [0.2, 0.25) is 5.02 Å². The quantitative estimate of drug-likeness (QED) is 0.761. The van der Waals surface area contributed by atoms with Crippen LogP contribution in [0, 0.1) is 0 Å². The molecule has 1 aromatic rings. The summed E-state index contributed by atoms with van der Waals surface area (Å²) in [5.74, 6) is -1.07. The molecule has 0 amide bonds. The van der Waals surface area contributed by atoms with E-state index in [0.717, 1.165) is 0 Å². The summed E-state index contributed by atoms with van der Waals surface area (Å²) in [5.41, 5.74) is -0.0266. The second-order valence-corrected chi connectivity index (χ2v) is 2.93. The Balaban J connectivity index is 3.15. The monoisotopic (exact) mass is 235 g/mol. The Morgan fingerprint density at radius 1 is 1.64 bits per heavy atom. The van der Waals surface area contributed by atoms with Crippen LogP contribution in [0.4, 0.5) is 0 Å². The number of pyridine rings is 1. The van der Waals surface area contributed by atoms with Gasteiger partial charge in [0, 0.05) is 0 Å². The first-order valence-corrected chi connectivity index (χ1v) is 3.83. The largest absolute Gasteiger partial charge is 0.477 e. The van der Waals surface area contributed by atoms with Crippen LogP contribution in [0.3, 0.4) is 0 Å². The first kappa shape index (κ1) is 8.49. The number of carboxylic acid groups (broad SMARTS) is 1. The molecule has 11 heavy (non-hydrogen) atoms. The molecule has 3 nitrogen and oxygen atoms in total. The highest BCUT2D eigenvalue weighted by Gasteiger charge is 2.06. The van der Waals surface area contributed by atoms with Gasteiger partial charge in [-0.1, -0.05) is 11.6 Å². The summed E-state index contributed by atoms with van der Waals surface area (Å²) in [6.07, 6.45) is 0. The van der Waals surface area contributed by atoms with Gasteiger partial charge in [0.1, 0.15) is 10.3 Å². The van der Waals surface area contributed by atoms with Crippen LogP contribution in [0.1, 0.15) is 10.5 Å². The van der Waals surface area contributed by atoms with E-state index < -0.39 is 5.97 Å². The van der Waals surface area contributed by atoms with Gasteiger partial charge in [0.15, 0.2) is 0 Å². The van der Waals surface area contributed by atoms with Crippen molar-refractivity contribution in [2.24, 2.45) is 0 Å². The molecule has 1 heterocycles. The molecule has 0 atom stereocenters. The summed E-state index contributed by atoms with van der Waals surface area (Å²) in [6, 6.07) is 2.82. The molecule has 1 N–H and O–H groups in total. The Kier molecular flexibility index (Phi) is 2.46. The fraction of sp³-hybridized carbons (Fsp3) is 0. The maximum atomic E-state index is 10.3. The van der Waals surface area contributed by atoms with Crippen LogP contribution in [0.15, 0.2) is 16.7 Å². The number of aromatic nitrogens is 1. The number of rotatable bonds is 1. The van der Waals surface area contributed by atoms with Gasteiger partial charge in [0.25, 0.3) is 0 Å². The molecule has 0 fully saturated rings. The molecule has 1 aromatic heterocycles. The molecule has 0 spiro atoms. The van der Waals surface area contributed by atoms with Crippen molar-refractivity contribution in [3.05, 3.63) is 27.5 Å². The molecule has 0 aliphatic heterocycles. The Bertz CT molecular complexity index is 303. The van der Waals surface area contributed by atoms with E-state index in [1.165, 1.54) is 12.1 Å². The summed E-state index contributed by atoms with van der Waals surface area (Å²) in [7, 11) is 0. The predicted molar refractivity (Wildman–Crippen MR) is 43.9 cm³/mol. The van der Waals surface area contributed by atoms with E-state index in [9.17, 15) is 4.79 Å². The molecular weight excluding hydrogens is 233 g/mol.